The number of hydrogen-bond acceptors (Lipinski definition) is 5. The van der Waals surface area contributed by atoms with Gasteiger partial charge in [-0.2, -0.15) is 0 Å². The molecule has 0 saturated carbocycles. The second-order valence-corrected chi connectivity index (χ2v) is 6.80. The van der Waals surface area contributed by atoms with Crippen molar-refractivity contribution >= 4 is 17.8 Å². The van der Waals surface area contributed by atoms with E-state index in [0.717, 1.165) is 10.5 Å². The van der Waals surface area contributed by atoms with Crippen LogP contribution in [0.3, 0.4) is 0 Å². The number of nitrogens with zero attached hydrogens (tertiary/aromatic N) is 1. The smallest absolute Gasteiger partial charge is 0.325 e. The van der Waals surface area contributed by atoms with Gasteiger partial charge in [0.2, 0.25) is 5.91 Å². The van der Waals surface area contributed by atoms with E-state index < -0.39 is 17.5 Å². The Kier molecular flexibility index (Phi) is 5.25. The molecule has 1 saturated heterocycles. The van der Waals surface area contributed by atoms with E-state index in [9.17, 15) is 14.4 Å². The highest BCUT2D eigenvalue weighted by atomic mass is 16.6. The number of urea groups is 1. The quantitative estimate of drug-likeness (QED) is 0.739. The fourth-order valence-corrected chi connectivity index (χ4v) is 3.39. The Morgan fingerprint density at radius 3 is 2.52 bits per heavy atom. The molecule has 0 aliphatic carbocycles. The third-order valence-electron chi connectivity index (χ3n) is 5.20. The summed E-state index contributed by atoms with van der Waals surface area (Å²) in [6.07, 6.45) is 0.972. The van der Waals surface area contributed by atoms with Crippen LogP contribution in [0.15, 0.2) is 18.2 Å². The largest absolute Gasteiger partial charge is 0.486 e. The summed E-state index contributed by atoms with van der Waals surface area (Å²) in [5, 5.41) is 5.54. The molecule has 0 radical (unpaired) electrons. The first kappa shape index (κ1) is 19.0. The summed E-state index contributed by atoms with van der Waals surface area (Å²) >= 11 is 0. The number of hydrogen-bond donors (Lipinski definition) is 2. The molecule has 4 amide bonds. The van der Waals surface area contributed by atoms with Crippen LogP contribution in [0.2, 0.25) is 0 Å². The lowest BCUT2D eigenvalue weighted by Gasteiger charge is -2.23. The van der Waals surface area contributed by atoms with Gasteiger partial charge in [0.15, 0.2) is 11.5 Å². The number of ether oxygens (including phenoxy) is 2. The topological polar surface area (TPSA) is 97.0 Å². The molecule has 8 heteroatoms. The van der Waals surface area contributed by atoms with Gasteiger partial charge < -0.3 is 20.1 Å². The minimum Gasteiger partial charge on any atom is -0.486 e. The molecule has 27 heavy (non-hydrogen) atoms. The second kappa shape index (κ2) is 7.46. The zero-order chi connectivity index (χ0) is 19.6. The molecule has 3 rings (SSSR count). The van der Waals surface area contributed by atoms with Gasteiger partial charge >= 0.3 is 6.03 Å². The Balaban J connectivity index is 1.64. The van der Waals surface area contributed by atoms with Crippen molar-refractivity contribution in [1.82, 2.24) is 15.5 Å². The molecule has 0 unspecified atom stereocenters. The summed E-state index contributed by atoms with van der Waals surface area (Å²) < 4.78 is 11.1. The van der Waals surface area contributed by atoms with Gasteiger partial charge in [0.05, 0.1) is 6.04 Å². The Hall–Kier alpha value is -2.77. The highest BCUT2D eigenvalue weighted by molar-refractivity contribution is 6.09. The van der Waals surface area contributed by atoms with Gasteiger partial charge in [-0.15, -0.1) is 0 Å². The van der Waals surface area contributed by atoms with Crippen LogP contribution >= 0.6 is 0 Å². The lowest BCUT2D eigenvalue weighted by atomic mass is 9.93. The summed E-state index contributed by atoms with van der Waals surface area (Å²) in [5.41, 5.74) is -0.0556. The number of amides is 4. The molecule has 1 aromatic carbocycles. The van der Waals surface area contributed by atoms with E-state index in [4.69, 9.17) is 9.47 Å². The van der Waals surface area contributed by atoms with Crippen molar-refractivity contribution < 1.29 is 23.9 Å². The zero-order valence-electron chi connectivity index (χ0n) is 15.8. The van der Waals surface area contributed by atoms with Gasteiger partial charge in [0.1, 0.15) is 25.3 Å². The standard InChI is InChI=1S/C19H25N3O5/c1-4-19(5-2)17(24)22(18(25)21-19)11-16(23)20-12(3)13-6-7-14-15(10-13)27-9-8-26-14/h6-7,10,12H,4-5,8-9,11H2,1-3H3,(H,20,23)(H,21,25)/t12-/m0/s1. The van der Waals surface area contributed by atoms with E-state index >= 15 is 0 Å². The van der Waals surface area contributed by atoms with Gasteiger partial charge in [-0.1, -0.05) is 19.9 Å². The molecule has 2 heterocycles. The summed E-state index contributed by atoms with van der Waals surface area (Å²) in [5.74, 6) is 0.575. The van der Waals surface area contributed by atoms with Crippen LogP contribution in [0.4, 0.5) is 4.79 Å². The van der Waals surface area contributed by atoms with Crippen molar-refractivity contribution in [1.29, 1.82) is 0 Å². The van der Waals surface area contributed by atoms with Gasteiger partial charge in [-0.05, 0) is 37.5 Å². The average molecular weight is 375 g/mol. The van der Waals surface area contributed by atoms with E-state index in [2.05, 4.69) is 10.6 Å². The molecule has 0 aromatic heterocycles. The molecule has 146 valence electrons. The van der Waals surface area contributed by atoms with Crippen molar-refractivity contribution in [2.45, 2.75) is 45.2 Å². The summed E-state index contributed by atoms with van der Waals surface area (Å²) in [6.45, 7) is 6.21. The minimum atomic E-state index is -0.904. The summed E-state index contributed by atoms with van der Waals surface area (Å²) in [6, 6.07) is 4.65. The highest BCUT2D eigenvalue weighted by Crippen LogP contribution is 2.32. The molecule has 8 nitrogen and oxygen atoms in total. The van der Waals surface area contributed by atoms with Gasteiger partial charge in [-0.25, -0.2) is 4.79 Å². The first-order valence-corrected chi connectivity index (χ1v) is 9.23. The van der Waals surface area contributed by atoms with Crippen molar-refractivity contribution in [3.8, 4) is 11.5 Å². The third kappa shape index (κ3) is 3.56. The van der Waals surface area contributed by atoms with Crippen LogP contribution in [0, 0.1) is 0 Å². The predicted octanol–water partition coefficient (Wildman–Crippen LogP) is 1.75. The normalized spacial score (nSPS) is 18.9. The number of carbonyl (C=O) groups excluding carboxylic acids is 3. The average Bonchev–Trinajstić information content (AvgIpc) is 2.92. The van der Waals surface area contributed by atoms with E-state index in [1.54, 1.807) is 6.07 Å². The molecule has 2 aliphatic heterocycles. The maximum absolute atomic E-state index is 12.6. The number of imide groups is 1. The van der Waals surface area contributed by atoms with Crippen LogP contribution in [0.5, 0.6) is 11.5 Å². The number of rotatable bonds is 6. The van der Waals surface area contributed by atoms with Crippen molar-refractivity contribution in [3.05, 3.63) is 23.8 Å². The predicted molar refractivity (Wildman–Crippen MR) is 97.5 cm³/mol. The Morgan fingerprint density at radius 1 is 1.22 bits per heavy atom. The van der Waals surface area contributed by atoms with Crippen molar-refractivity contribution in [2.75, 3.05) is 19.8 Å². The molecular formula is C19H25N3O5. The molecule has 1 atom stereocenters. The van der Waals surface area contributed by atoms with E-state index in [1.807, 2.05) is 32.9 Å². The zero-order valence-corrected chi connectivity index (χ0v) is 15.8. The molecular weight excluding hydrogens is 350 g/mol. The number of benzene rings is 1. The Bertz CT molecular complexity index is 760. The number of carbonyl (C=O) groups is 3. The maximum Gasteiger partial charge on any atom is 0.325 e. The lowest BCUT2D eigenvalue weighted by molar-refractivity contribution is -0.135. The fourth-order valence-electron chi connectivity index (χ4n) is 3.39. The monoisotopic (exact) mass is 375 g/mol. The molecule has 2 aliphatic rings. The number of nitrogens with one attached hydrogen (secondary N) is 2. The van der Waals surface area contributed by atoms with Crippen LogP contribution in [0.1, 0.15) is 45.2 Å². The minimum absolute atomic E-state index is 0.304. The third-order valence-corrected chi connectivity index (χ3v) is 5.20. The molecule has 0 spiro atoms. The van der Waals surface area contributed by atoms with Gasteiger partial charge in [0.25, 0.3) is 5.91 Å². The van der Waals surface area contributed by atoms with Crippen LogP contribution in [-0.2, 0) is 9.59 Å². The SMILES string of the molecule is CCC1(CC)NC(=O)N(CC(=O)N[C@@H](C)c2ccc3c(c2)OCCO3)C1=O. The molecule has 2 N–H and O–H groups in total. The van der Waals surface area contributed by atoms with E-state index in [-0.39, 0.29) is 18.5 Å². The summed E-state index contributed by atoms with van der Waals surface area (Å²) in [4.78, 5) is 38.1. The van der Waals surface area contributed by atoms with E-state index in [1.165, 1.54) is 0 Å². The molecule has 1 fully saturated rings. The fraction of sp³-hybridized carbons (Fsp3) is 0.526. The maximum atomic E-state index is 12.6. The lowest BCUT2D eigenvalue weighted by Crippen LogP contribution is -2.46. The van der Waals surface area contributed by atoms with Crippen molar-refractivity contribution in [3.63, 3.8) is 0 Å². The van der Waals surface area contributed by atoms with Crippen LogP contribution < -0.4 is 20.1 Å². The van der Waals surface area contributed by atoms with Crippen molar-refractivity contribution in [2.24, 2.45) is 0 Å². The highest BCUT2D eigenvalue weighted by Gasteiger charge is 2.49. The second-order valence-electron chi connectivity index (χ2n) is 6.80. The Morgan fingerprint density at radius 2 is 1.89 bits per heavy atom. The Labute approximate surface area is 158 Å². The first-order chi connectivity index (χ1) is 12.9. The number of fused-ring (bicyclic) bond motifs is 1. The molecule has 1 aromatic rings. The van der Waals surface area contributed by atoms with Gasteiger partial charge in [0, 0.05) is 0 Å². The summed E-state index contributed by atoms with van der Waals surface area (Å²) in [7, 11) is 0. The van der Waals surface area contributed by atoms with Crippen LogP contribution in [-0.4, -0.2) is 48.0 Å². The van der Waals surface area contributed by atoms with Crippen LogP contribution in [0.25, 0.3) is 0 Å². The first-order valence-electron chi connectivity index (χ1n) is 9.23. The van der Waals surface area contributed by atoms with Gasteiger partial charge in [-0.3, -0.25) is 14.5 Å². The van der Waals surface area contributed by atoms with E-state index in [0.29, 0.717) is 37.6 Å². The molecule has 0 bridgehead atoms.